The van der Waals surface area contributed by atoms with Crippen LogP contribution in [-0.2, 0) is 9.53 Å². The van der Waals surface area contributed by atoms with Gasteiger partial charge >= 0.3 is 0 Å². The van der Waals surface area contributed by atoms with Crippen molar-refractivity contribution in [1.29, 1.82) is 0 Å². The van der Waals surface area contributed by atoms with Gasteiger partial charge in [0.25, 0.3) is 0 Å². The van der Waals surface area contributed by atoms with Gasteiger partial charge in [0.05, 0.1) is 13.0 Å². The molecule has 1 fully saturated rings. The van der Waals surface area contributed by atoms with Crippen molar-refractivity contribution in [2.75, 3.05) is 27.7 Å². The largest absolute Gasteiger partial charge is 0.383 e. The fraction of sp³-hybridized carbons (Fsp3) is 0.615. The van der Waals surface area contributed by atoms with Gasteiger partial charge in [0.15, 0.2) is 6.23 Å². The number of carbonyl (C=O) groups excluding carboxylic acids is 1. The molecule has 0 bridgehead atoms. The quantitative estimate of drug-likeness (QED) is 0.539. The lowest BCUT2D eigenvalue weighted by Gasteiger charge is -2.27. The van der Waals surface area contributed by atoms with E-state index in [-0.39, 0.29) is 18.9 Å². The number of likely N-dealkylation sites (tertiary alicyclic amines) is 1. The van der Waals surface area contributed by atoms with Gasteiger partial charge in [-0.05, 0) is 24.8 Å². The highest BCUT2D eigenvalue weighted by molar-refractivity contribution is 5.79. The van der Waals surface area contributed by atoms with E-state index < -0.39 is 12.0 Å². The summed E-state index contributed by atoms with van der Waals surface area (Å²) >= 11 is 0. The molecule has 1 saturated heterocycles. The molecular weight excluding hydrogens is 248 g/mol. The molecule has 0 saturated carbocycles. The van der Waals surface area contributed by atoms with Crippen LogP contribution in [0.4, 0.5) is 0 Å². The molecule has 1 heterocycles. The smallest absolute Gasteiger partial charge is 0.230 e. The van der Waals surface area contributed by atoms with E-state index in [0.29, 0.717) is 0 Å². The minimum absolute atomic E-state index is 0.225. The van der Waals surface area contributed by atoms with Crippen LogP contribution in [0.3, 0.4) is 0 Å². The molecule has 1 unspecified atom stereocenters. The van der Waals surface area contributed by atoms with Crippen LogP contribution in [0.1, 0.15) is 13.3 Å². The number of aliphatic hydroxyl groups is 2. The van der Waals surface area contributed by atoms with Crippen molar-refractivity contribution in [1.82, 2.24) is 9.80 Å². The van der Waals surface area contributed by atoms with Crippen molar-refractivity contribution in [3.8, 4) is 0 Å². The number of carbonyl (C=O) groups is 1. The number of likely N-dealkylation sites (N-methyl/N-ethyl adjacent to an activating group) is 1. The summed E-state index contributed by atoms with van der Waals surface area (Å²) in [6.45, 7) is 2.09. The standard InChI is InChI=1S/C13H22N2O4/c1-10(6-5-7-14(2)3)9-19-12-13(17,18)8-11(16)15(12)4/h5-7,12,17-18H,8-9H2,1-4H3. The summed E-state index contributed by atoms with van der Waals surface area (Å²) in [5.74, 6) is -2.46. The Labute approximate surface area is 113 Å². The summed E-state index contributed by atoms with van der Waals surface area (Å²) in [6, 6.07) is 0. The maximum absolute atomic E-state index is 11.4. The van der Waals surface area contributed by atoms with Crippen molar-refractivity contribution in [3.63, 3.8) is 0 Å². The lowest BCUT2D eigenvalue weighted by molar-refractivity contribution is -0.243. The molecule has 6 heteroatoms. The number of hydrogen-bond acceptors (Lipinski definition) is 5. The molecule has 1 atom stereocenters. The molecule has 1 rings (SSSR count). The number of hydrogen-bond donors (Lipinski definition) is 2. The van der Waals surface area contributed by atoms with Crippen LogP contribution in [0.25, 0.3) is 0 Å². The monoisotopic (exact) mass is 270 g/mol. The third kappa shape index (κ3) is 4.34. The second-order valence-corrected chi connectivity index (χ2v) is 5.04. The van der Waals surface area contributed by atoms with Gasteiger partial charge < -0.3 is 24.7 Å². The summed E-state index contributed by atoms with van der Waals surface area (Å²) in [5.41, 5.74) is 0.918. The van der Waals surface area contributed by atoms with E-state index in [1.165, 1.54) is 11.9 Å². The molecule has 0 aromatic carbocycles. The minimum atomic E-state index is -2.12. The number of ether oxygens (including phenoxy) is 1. The van der Waals surface area contributed by atoms with Gasteiger partial charge in [-0.1, -0.05) is 6.08 Å². The average Bonchev–Trinajstić information content (AvgIpc) is 2.45. The Morgan fingerprint density at radius 3 is 2.68 bits per heavy atom. The highest BCUT2D eigenvalue weighted by atomic mass is 16.6. The first kappa shape index (κ1) is 15.7. The first-order chi connectivity index (χ1) is 8.74. The topological polar surface area (TPSA) is 73.2 Å². The third-order valence-corrected chi connectivity index (χ3v) is 2.79. The molecule has 1 amide bonds. The summed E-state index contributed by atoms with van der Waals surface area (Å²) in [4.78, 5) is 14.5. The third-order valence-electron chi connectivity index (χ3n) is 2.79. The van der Waals surface area contributed by atoms with Gasteiger partial charge in [0, 0.05) is 21.1 Å². The maximum Gasteiger partial charge on any atom is 0.230 e. The van der Waals surface area contributed by atoms with Crippen molar-refractivity contribution in [2.24, 2.45) is 0 Å². The van der Waals surface area contributed by atoms with E-state index >= 15 is 0 Å². The molecule has 2 N–H and O–H groups in total. The predicted molar refractivity (Wildman–Crippen MR) is 70.9 cm³/mol. The zero-order valence-corrected chi connectivity index (χ0v) is 11.8. The van der Waals surface area contributed by atoms with E-state index in [4.69, 9.17) is 4.74 Å². The Balaban J connectivity index is 2.54. The lowest BCUT2D eigenvalue weighted by Crippen LogP contribution is -2.45. The second kappa shape index (κ2) is 6.18. The zero-order chi connectivity index (χ0) is 14.6. The Bertz CT molecular complexity index is 388. The lowest BCUT2D eigenvalue weighted by atomic mass is 10.2. The molecule has 6 nitrogen and oxygen atoms in total. The van der Waals surface area contributed by atoms with Crippen molar-refractivity contribution in [2.45, 2.75) is 25.4 Å². The van der Waals surface area contributed by atoms with Gasteiger partial charge in [0.1, 0.15) is 0 Å². The summed E-state index contributed by atoms with van der Waals surface area (Å²) in [7, 11) is 5.33. The van der Waals surface area contributed by atoms with Gasteiger partial charge in [-0.25, -0.2) is 0 Å². The molecule has 0 aliphatic carbocycles. The molecule has 0 aromatic heterocycles. The van der Waals surface area contributed by atoms with Crippen LogP contribution < -0.4 is 0 Å². The van der Waals surface area contributed by atoms with Crippen LogP contribution in [-0.4, -0.2) is 65.7 Å². The highest BCUT2D eigenvalue weighted by Gasteiger charge is 2.49. The number of rotatable bonds is 5. The fourth-order valence-electron chi connectivity index (χ4n) is 1.76. The van der Waals surface area contributed by atoms with Gasteiger partial charge in [-0.15, -0.1) is 0 Å². The van der Waals surface area contributed by atoms with Crippen molar-refractivity contribution >= 4 is 5.91 Å². The second-order valence-electron chi connectivity index (χ2n) is 5.04. The summed E-state index contributed by atoms with van der Waals surface area (Å²) < 4.78 is 5.41. The first-order valence-electron chi connectivity index (χ1n) is 6.06. The van der Waals surface area contributed by atoms with Gasteiger partial charge in [-0.2, -0.15) is 0 Å². The molecule has 1 aliphatic heterocycles. The minimum Gasteiger partial charge on any atom is -0.383 e. The number of allylic oxidation sites excluding steroid dienone is 2. The fourth-order valence-corrected chi connectivity index (χ4v) is 1.76. The first-order valence-corrected chi connectivity index (χ1v) is 6.06. The van der Waals surface area contributed by atoms with E-state index in [9.17, 15) is 15.0 Å². The Kier molecular flexibility index (Phi) is 5.11. The Morgan fingerprint density at radius 1 is 1.58 bits per heavy atom. The van der Waals surface area contributed by atoms with Gasteiger partial charge in [0.2, 0.25) is 11.7 Å². The zero-order valence-electron chi connectivity index (χ0n) is 11.8. The van der Waals surface area contributed by atoms with Crippen LogP contribution in [0.2, 0.25) is 0 Å². The van der Waals surface area contributed by atoms with Crippen LogP contribution in [0.5, 0.6) is 0 Å². The van der Waals surface area contributed by atoms with Crippen molar-refractivity contribution < 1.29 is 19.7 Å². The van der Waals surface area contributed by atoms with E-state index in [1.54, 1.807) is 0 Å². The number of amides is 1. The molecule has 0 aromatic rings. The Hall–Kier alpha value is -1.37. The summed E-state index contributed by atoms with van der Waals surface area (Å²) in [5, 5.41) is 19.4. The number of nitrogens with zero attached hydrogens (tertiary/aromatic N) is 2. The molecular formula is C13H22N2O4. The van der Waals surface area contributed by atoms with E-state index in [0.717, 1.165) is 5.57 Å². The molecule has 0 spiro atoms. The van der Waals surface area contributed by atoms with Crippen LogP contribution in [0.15, 0.2) is 23.9 Å². The van der Waals surface area contributed by atoms with E-state index in [1.807, 2.05) is 44.3 Å². The van der Waals surface area contributed by atoms with E-state index in [2.05, 4.69) is 0 Å². The van der Waals surface area contributed by atoms with Gasteiger partial charge in [-0.3, -0.25) is 4.79 Å². The maximum atomic E-state index is 11.4. The Morgan fingerprint density at radius 2 is 2.21 bits per heavy atom. The molecule has 1 aliphatic rings. The highest BCUT2D eigenvalue weighted by Crippen LogP contribution is 2.27. The molecule has 19 heavy (non-hydrogen) atoms. The molecule has 108 valence electrons. The predicted octanol–water partition coefficient (Wildman–Crippen LogP) is -0.106. The van der Waals surface area contributed by atoms with Crippen LogP contribution in [0, 0.1) is 0 Å². The molecule has 0 radical (unpaired) electrons. The SMILES string of the molecule is CC(=CC=CN(C)C)COC1N(C)C(=O)CC1(O)O. The normalized spacial score (nSPS) is 23.5. The average molecular weight is 270 g/mol. The van der Waals surface area contributed by atoms with Crippen molar-refractivity contribution in [3.05, 3.63) is 23.9 Å². The summed E-state index contributed by atoms with van der Waals surface area (Å²) in [6.07, 6.45) is 4.26. The van der Waals surface area contributed by atoms with Crippen LogP contribution >= 0.6 is 0 Å².